The molecule has 0 bridgehead atoms. The van der Waals surface area contributed by atoms with Gasteiger partial charge in [0.15, 0.2) is 5.13 Å². The summed E-state index contributed by atoms with van der Waals surface area (Å²) >= 11 is 0.986. The fourth-order valence-electron chi connectivity index (χ4n) is 2.17. The van der Waals surface area contributed by atoms with Gasteiger partial charge < -0.3 is 0 Å². The molecule has 0 atom stereocenters. The van der Waals surface area contributed by atoms with Gasteiger partial charge in [-0.25, -0.2) is 13.4 Å². The molecule has 0 amide bonds. The number of non-ortho nitro benzene ring substituents is 2. The van der Waals surface area contributed by atoms with Crippen LogP contribution < -0.4 is 4.72 Å². The van der Waals surface area contributed by atoms with E-state index in [-0.39, 0.29) is 21.4 Å². The number of hydrogen-bond donors (Lipinski definition) is 1. The van der Waals surface area contributed by atoms with Crippen LogP contribution in [-0.4, -0.2) is 23.2 Å². The van der Waals surface area contributed by atoms with Crippen LogP contribution in [0.25, 0.3) is 11.3 Å². The van der Waals surface area contributed by atoms with Crippen LogP contribution in [0.3, 0.4) is 0 Å². The summed E-state index contributed by atoms with van der Waals surface area (Å²) in [6, 6.07) is 10.4. The Bertz CT molecular complexity index is 1140. The van der Waals surface area contributed by atoms with E-state index in [9.17, 15) is 28.6 Å². The van der Waals surface area contributed by atoms with Crippen molar-refractivity contribution in [3.8, 4) is 11.3 Å². The maximum absolute atomic E-state index is 12.4. The van der Waals surface area contributed by atoms with Gasteiger partial charge in [0, 0.05) is 35.2 Å². The summed E-state index contributed by atoms with van der Waals surface area (Å²) in [4.78, 5) is 24.3. The Hall–Kier alpha value is -3.38. The first-order valence-corrected chi connectivity index (χ1v) is 9.60. The van der Waals surface area contributed by atoms with Crippen molar-refractivity contribution in [3.05, 3.63) is 74.1 Å². The maximum atomic E-state index is 12.4. The molecule has 0 aliphatic rings. The molecule has 1 heterocycles. The van der Waals surface area contributed by atoms with Crippen molar-refractivity contribution < 1.29 is 18.3 Å². The van der Waals surface area contributed by atoms with Gasteiger partial charge in [0.1, 0.15) is 0 Å². The second-order valence-electron chi connectivity index (χ2n) is 5.21. The highest BCUT2D eigenvalue weighted by Crippen LogP contribution is 2.29. The van der Waals surface area contributed by atoms with E-state index in [1.165, 1.54) is 36.4 Å². The lowest BCUT2D eigenvalue weighted by molar-refractivity contribution is -0.385. The van der Waals surface area contributed by atoms with Crippen molar-refractivity contribution in [2.45, 2.75) is 4.90 Å². The molecular weight excluding hydrogens is 396 g/mol. The minimum absolute atomic E-state index is 0.0306. The molecule has 1 aromatic heterocycles. The van der Waals surface area contributed by atoms with Gasteiger partial charge >= 0.3 is 0 Å². The smallest absolute Gasteiger partial charge is 0.258 e. The van der Waals surface area contributed by atoms with Gasteiger partial charge in [-0.15, -0.1) is 11.3 Å². The number of nitro groups is 2. The van der Waals surface area contributed by atoms with Crippen LogP contribution >= 0.6 is 11.3 Å². The zero-order valence-corrected chi connectivity index (χ0v) is 14.9. The zero-order valence-electron chi connectivity index (χ0n) is 13.3. The number of thiazole rings is 1. The molecule has 0 unspecified atom stereocenters. The highest BCUT2D eigenvalue weighted by Gasteiger charge is 2.19. The van der Waals surface area contributed by atoms with Crippen LogP contribution in [0.2, 0.25) is 0 Å². The third-order valence-electron chi connectivity index (χ3n) is 3.42. The molecule has 1 N–H and O–H groups in total. The lowest BCUT2D eigenvalue weighted by Gasteiger charge is -2.04. The molecule has 0 fully saturated rings. The fourth-order valence-corrected chi connectivity index (χ4v) is 4.18. The number of nitrogens with zero attached hydrogens (tertiary/aromatic N) is 3. The summed E-state index contributed by atoms with van der Waals surface area (Å²) in [5.41, 5.74) is 0.357. The normalized spacial score (nSPS) is 11.1. The van der Waals surface area contributed by atoms with E-state index in [2.05, 4.69) is 9.71 Å². The van der Waals surface area contributed by atoms with Gasteiger partial charge in [0.2, 0.25) is 0 Å². The van der Waals surface area contributed by atoms with Crippen molar-refractivity contribution in [2.75, 3.05) is 4.72 Å². The minimum atomic E-state index is -4.07. The number of sulfonamides is 1. The molecule has 12 heteroatoms. The first-order chi connectivity index (χ1) is 12.8. The van der Waals surface area contributed by atoms with Gasteiger partial charge in [0.25, 0.3) is 21.4 Å². The third-order valence-corrected chi connectivity index (χ3v) is 5.64. The second kappa shape index (κ2) is 7.09. The van der Waals surface area contributed by atoms with Gasteiger partial charge in [-0.1, -0.05) is 18.2 Å². The topological polar surface area (TPSA) is 145 Å². The molecule has 0 radical (unpaired) electrons. The van der Waals surface area contributed by atoms with Crippen molar-refractivity contribution in [3.63, 3.8) is 0 Å². The van der Waals surface area contributed by atoms with Crippen LogP contribution in [0.5, 0.6) is 0 Å². The minimum Gasteiger partial charge on any atom is -0.258 e. The average molecular weight is 406 g/mol. The molecule has 138 valence electrons. The Balaban J connectivity index is 1.87. The SMILES string of the molecule is O=[N+]([O-])c1cccc(-c2csc(NS(=O)(=O)c3cccc([N+](=O)[O-])c3)n2)c1. The third kappa shape index (κ3) is 4.07. The summed E-state index contributed by atoms with van der Waals surface area (Å²) in [6.07, 6.45) is 0. The molecule has 0 aliphatic carbocycles. The van der Waals surface area contributed by atoms with Gasteiger partial charge in [-0.2, -0.15) is 0 Å². The molecule has 3 rings (SSSR count). The summed E-state index contributed by atoms with van der Waals surface area (Å²) in [7, 11) is -4.07. The Morgan fingerprint density at radius 1 is 0.963 bits per heavy atom. The van der Waals surface area contributed by atoms with Gasteiger partial charge in [0.05, 0.1) is 20.4 Å². The Morgan fingerprint density at radius 2 is 1.59 bits per heavy atom. The lowest BCUT2D eigenvalue weighted by atomic mass is 10.1. The number of nitro benzene ring substituents is 2. The van der Waals surface area contributed by atoms with E-state index in [1.807, 2.05) is 0 Å². The largest absolute Gasteiger partial charge is 0.270 e. The van der Waals surface area contributed by atoms with E-state index in [4.69, 9.17) is 0 Å². The average Bonchev–Trinajstić information content (AvgIpc) is 3.09. The first kappa shape index (κ1) is 18.4. The molecule has 0 spiro atoms. The van der Waals surface area contributed by atoms with Crippen molar-refractivity contribution in [1.82, 2.24) is 4.98 Å². The summed E-state index contributed by atoms with van der Waals surface area (Å²) in [6.45, 7) is 0. The number of nitrogens with one attached hydrogen (secondary N) is 1. The van der Waals surface area contributed by atoms with Crippen molar-refractivity contribution in [2.24, 2.45) is 0 Å². The predicted octanol–water partition coefficient (Wildman–Crippen LogP) is 3.43. The molecule has 2 aromatic carbocycles. The number of anilines is 1. The highest BCUT2D eigenvalue weighted by molar-refractivity contribution is 7.93. The van der Waals surface area contributed by atoms with Crippen LogP contribution in [0.4, 0.5) is 16.5 Å². The van der Waals surface area contributed by atoms with E-state index >= 15 is 0 Å². The van der Waals surface area contributed by atoms with E-state index in [1.54, 1.807) is 11.4 Å². The molecule has 27 heavy (non-hydrogen) atoms. The maximum Gasteiger partial charge on any atom is 0.270 e. The highest BCUT2D eigenvalue weighted by atomic mass is 32.2. The number of hydrogen-bond acceptors (Lipinski definition) is 8. The van der Waals surface area contributed by atoms with E-state index < -0.39 is 19.9 Å². The molecule has 0 aliphatic heterocycles. The number of benzene rings is 2. The number of aromatic nitrogens is 1. The van der Waals surface area contributed by atoms with Gasteiger partial charge in [-0.05, 0) is 6.07 Å². The lowest BCUT2D eigenvalue weighted by Crippen LogP contribution is -2.13. The van der Waals surface area contributed by atoms with Gasteiger partial charge in [-0.3, -0.25) is 25.0 Å². The van der Waals surface area contributed by atoms with Crippen molar-refractivity contribution in [1.29, 1.82) is 0 Å². The molecule has 10 nitrogen and oxygen atoms in total. The Morgan fingerprint density at radius 3 is 2.26 bits per heavy atom. The van der Waals surface area contributed by atoms with E-state index in [0.717, 1.165) is 17.4 Å². The van der Waals surface area contributed by atoms with Crippen LogP contribution in [0.15, 0.2) is 58.8 Å². The molecule has 0 saturated heterocycles. The quantitative estimate of drug-likeness (QED) is 0.487. The summed E-state index contributed by atoms with van der Waals surface area (Å²) in [5.74, 6) is 0. The molecule has 0 saturated carbocycles. The Labute approximate surface area is 156 Å². The second-order valence-corrected chi connectivity index (χ2v) is 7.75. The van der Waals surface area contributed by atoms with Crippen LogP contribution in [0.1, 0.15) is 0 Å². The predicted molar refractivity (Wildman–Crippen MR) is 98.1 cm³/mol. The Kier molecular flexibility index (Phi) is 4.83. The number of rotatable bonds is 6. The molecular formula is C15H10N4O6S2. The summed E-state index contributed by atoms with van der Waals surface area (Å²) < 4.78 is 27.1. The monoisotopic (exact) mass is 406 g/mol. The molecule has 3 aromatic rings. The first-order valence-electron chi connectivity index (χ1n) is 7.24. The summed E-state index contributed by atoms with van der Waals surface area (Å²) in [5, 5.41) is 23.2. The fraction of sp³-hybridized carbons (Fsp3) is 0. The van der Waals surface area contributed by atoms with Crippen LogP contribution in [0, 0.1) is 20.2 Å². The zero-order chi connectivity index (χ0) is 19.6. The van der Waals surface area contributed by atoms with E-state index in [0.29, 0.717) is 11.3 Å². The van der Waals surface area contributed by atoms with Crippen LogP contribution in [-0.2, 0) is 10.0 Å². The standard InChI is InChI=1S/C15H10N4O6S2/c20-18(21)11-4-1-3-10(7-11)14-9-26-15(16-14)17-27(24,25)13-6-2-5-12(8-13)19(22)23/h1-9H,(H,16,17). The van der Waals surface area contributed by atoms with Crippen molar-refractivity contribution >= 4 is 37.9 Å².